The molecule has 4 saturated carbocycles. The summed E-state index contributed by atoms with van der Waals surface area (Å²) in [4.78, 5) is 2.92. The summed E-state index contributed by atoms with van der Waals surface area (Å²) in [6.07, 6.45) is 57.2. The van der Waals surface area contributed by atoms with Gasteiger partial charge in [-0.05, 0) is 164 Å². The van der Waals surface area contributed by atoms with Gasteiger partial charge in [-0.15, -0.1) is 0 Å². The smallest absolute Gasteiger partial charge is 0.0637 e. The Morgan fingerprint density at radius 2 is 0.931 bits per heavy atom. The highest BCUT2D eigenvalue weighted by atomic mass is 16.5. The standard InChI is InChI=1S/C66H129N3O3/c1-7-10-13-15-17-19-21-23-25-27-29-31-33-35-47-69(48-36-34-32-30-28-26-24-22-20-18-16-14-11-8-2)49-37-40-56(4)59-41-42-60-64-61(55-63(66(59,60)6)72-52-39-46-68)65(5)44-43-58(70-51-38-45-67)53-57(65)54-62(64)71-50-12-9-3/h56-64H,7-55,67-68H2,1-6H3/t56-,57+,58-,59-,60+,61+,62-,63+,64+,65+,66-/m1/s1. The Morgan fingerprint density at radius 3 is 1.43 bits per heavy atom. The summed E-state index contributed by atoms with van der Waals surface area (Å²) in [7, 11) is 0. The van der Waals surface area contributed by atoms with Crippen molar-refractivity contribution in [3.63, 3.8) is 0 Å². The van der Waals surface area contributed by atoms with Crippen molar-refractivity contribution in [3.8, 4) is 0 Å². The van der Waals surface area contributed by atoms with Crippen molar-refractivity contribution in [3.05, 3.63) is 0 Å². The summed E-state index contributed by atoms with van der Waals surface area (Å²) >= 11 is 0. The van der Waals surface area contributed by atoms with Crippen LogP contribution < -0.4 is 11.5 Å². The predicted octanol–water partition coefficient (Wildman–Crippen LogP) is 18.2. The van der Waals surface area contributed by atoms with Crippen LogP contribution in [0.15, 0.2) is 0 Å². The average Bonchev–Trinajstić information content (AvgIpc) is 3.74. The molecule has 0 amide bonds. The van der Waals surface area contributed by atoms with E-state index in [1.54, 1.807) is 0 Å². The van der Waals surface area contributed by atoms with Crippen LogP contribution in [0.4, 0.5) is 0 Å². The molecule has 6 nitrogen and oxygen atoms in total. The molecule has 4 fully saturated rings. The molecule has 0 aromatic carbocycles. The topological polar surface area (TPSA) is 83.0 Å². The second-order valence-corrected chi connectivity index (χ2v) is 25.8. The van der Waals surface area contributed by atoms with Crippen LogP contribution in [0.1, 0.15) is 305 Å². The molecular formula is C66H129N3O3. The molecule has 426 valence electrons. The zero-order valence-corrected chi connectivity index (χ0v) is 49.7. The van der Waals surface area contributed by atoms with Gasteiger partial charge in [0.05, 0.1) is 18.3 Å². The fourth-order valence-corrected chi connectivity index (χ4v) is 15.9. The van der Waals surface area contributed by atoms with E-state index in [1.165, 1.54) is 270 Å². The number of unbranched alkanes of at least 4 members (excludes halogenated alkanes) is 27. The zero-order valence-electron chi connectivity index (χ0n) is 49.7. The van der Waals surface area contributed by atoms with Gasteiger partial charge in [0, 0.05) is 25.2 Å². The van der Waals surface area contributed by atoms with Crippen molar-refractivity contribution < 1.29 is 14.2 Å². The lowest BCUT2D eigenvalue weighted by atomic mass is 9.43. The van der Waals surface area contributed by atoms with Crippen molar-refractivity contribution >= 4 is 0 Å². The highest BCUT2D eigenvalue weighted by molar-refractivity contribution is 5.15. The van der Waals surface area contributed by atoms with E-state index >= 15 is 0 Å². The number of hydrogen-bond donors (Lipinski definition) is 2. The molecule has 0 saturated heterocycles. The minimum atomic E-state index is 0.190. The largest absolute Gasteiger partial charge is 0.378 e. The van der Waals surface area contributed by atoms with Crippen LogP contribution in [-0.4, -0.2) is 75.8 Å². The van der Waals surface area contributed by atoms with Crippen LogP contribution in [0.5, 0.6) is 0 Å². The fourth-order valence-electron chi connectivity index (χ4n) is 15.9. The number of ether oxygens (including phenoxy) is 3. The first-order valence-corrected chi connectivity index (χ1v) is 33.2. The molecule has 0 aromatic rings. The van der Waals surface area contributed by atoms with E-state index in [4.69, 9.17) is 25.7 Å². The first-order chi connectivity index (χ1) is 35.3. The molecule has 6 heteroatoms. The lowest BCUT2D eigenvalue weighted by Gasteiger charge is -2.65. The molecule has 0 bridgehead atoms. The molecule has 0 aromatic heterocycles. The van der Waals surface area contributed by atoms with Gasteiger partial charge < -0.3 is 30.6 Å². The van der Waals surface area contributed by atoms with Gasteiger partial charge in [0.1, 0.15) is 0 Å². The van der Waals surface area contributed by atoms with E-state index in [9.17, 15) is 0 Å². The Balaban J connectivity index is 1.32. The van der Waals surface area contributed by atoms with Crippen molar-refractivity contribution in [2.24, 2.45) is 57.8 Å². The first kappa shape index (κ1) is 64.3. The monoisotopic (exact) mass is 1010 g/mol. The lowest BCUT2D eigenvalue weighted by molar-refractivity contribution is -0.227. The van der Waals surface area contributed by atoms with Crippen LogP contribution >= 0.6 is 0 Å². The van der Waals surface area contributed by atoms with E-state index in [0.717, 1.165) is 32.7 Å². The molecule has 4 aliphatic carbocycles. The second-order valence-electron chi connectivity index (χ2n) is 25.8. The minimum absolute atomic E-state index is 0.190. The van der Waals surface area contributed by atoms with E-state index in [1.807, 2.05) is 0 Å². The summed E-state index contributed by atoms with van der Waals surface area (Å²) in [6.45, 7) is 22.9. The Bertz CT molecular complexity index is 1240. The van der Waals surface area contributed by atoms with Gasteiger partial charge in [-0.25, -0.2) is 0 Å². The molecule has 0 unspecified atom stereocenters. The van der Waals surface area contributed by atoms with Crippen molar-refractivity contribution in [1.29, 1.82) is 0 Å². The second kappa shape index (κ2) is 39.2. The zero-order chi connectivity index (χ0) is 51.5. The maximum absolute atomic E-state index is 7.22. The summed E-state index contributed by atoms with van der Waals surface area (Å²) in [5.41, 5.74) is 12.5. The van der Waals surface area contributed by atoms with Crippen LogP contribution in [0, 0.1) is 46.3 Å². The Labute approximate surface area is 450 Å². The Morgan fingerprint density at radius 1 is 0.472 bits per heavy atom. The van der Waals surface area contributed by atoms with E-state index in [0.29, 0.717) is 72.3 Å². The normalized spacial score (nSPS) is 28.6. The van der Waals surface area contributed by atoms with Crippen LogP contribution in [-0.2, 0) is 14.2 Å². The third kappa shape index (κ3) is 22.2. The number of fused-ring (bicyclic) bond motifs is 5. The van der Waals surface area contributed by atoms with Crippen molar-refractivity contribution in [1.82, 2.24) is 4.90 Å². The third-order valence-electron chi connectivity index (χ3n) is 20.4. The number of rotatable bonds is 47. The molecule has 4 rings (SSSR count). The van der Waals surface area contributed by atoms with Crippen molar-refractivity contribution in [2.45, 2.75) is 323 Å². The van der Waals surface area contributed by atoms with Gasteiger partial charge >= 0.3 is 0 Å². The highest BCUT2D eigenvalue weighted by Gasteiger charge is 2.66. The highest BCUT2D eigenvalue weighted by Crippen LogP contribution is 2.69. The maximum atomic E-state index is 7.22. The first-order valence-electron chi connectivity index (χ1n) is 33.2. The third-order valence-corrected chi connectivity index (χ3v) is 20.4. The summed E-state index contributed by atoms with van der Waals surface area (Å²) < 4.78 is 20.9. The molecule has 72 heavy (non-hydrogen) atoms. The molecule has 0 spiro atoms. The van der Waals surface area contributed by atoms with Gasteiger partial charge in [0.2, 0.25) is 0 Å². The quantitative estimate of drug-likeness (QED) is 0.0591. The molecular weight excluding hydrogens is 883 g/mol. The van der Waals surface area contributed by atoms with Crippen LogP contribution in [0.25, 0.3) is 0 Å². The van der Waals surface area contributed by atoms with Gasteiger partial charge in [0.15, 0.2) is 0 Å². The lowest BCUT2D eigenvalue weighted by Crippen LogP contribution is -2.63. The average molecular weight is 1010 g/mol. The Hall–Kier alpha value is -0.240. The number of hydrogen-bond acceptors (Lipinski definition) is 6. The van der Waals surface area contributed by atoms with Gasteiger partial charge in [-0.2, -0.15) is 0 Å². The van der Waals surface area contributed by atoms with Gasteiger partial charge in [-0.3, -0.25) is 0 Å². The van der Waals surface area contributed by atoms with E-state index < -0.39 is 0 Å². The predicted molar refractivity (Wildman–Crippen MR) is 313 cm³/mol. The number of nitrogens with two attached hydrogens (primary N) is 2. The molecule has 11 atom stereocenters. The summed E-state index contributed by atoms with van der Waals surface area (Å²) in [5.74, 6) is 4.05. The van der Waals surface area contributed by atoms with Crippen molar-refractivity contribution in [2.75, 3.05) is 52.5 Å². The van der Waals surface area contributed by atoms with Gasteiger partial charge in [-0.1, -0.05) is 215 Å². The molecule has 4 N–H and O–H groups in total. The van der Waals surface area contributed by atoms with E-state index in [2.05, 4.69) is 46.4 Å². The molecule has 0 radical (unpaired) electrons. The minimum Gasteiger partial charge on any atom is -0.378 e. The maximum Gasteiger partial charge on any atom is 0.0637 e. The molecule has 4 aliphatic rings. The SMILES string of the molecule is CCCCCCCCCCCCCCCCN(CCCCCCCCCCCCCCCC)CCC[C@@H](C)[C@H]1CC[C@H]2[C@@H]3[C@H](OCCCC)C[C@@H]4C[C@H](OCCCN)CC[C@]4(C)[C@H]3C[C@H](OCCCN)[C@]12C. The van der Waals surface area contributed by atoms with E-state index in [-0.39, 0.29) is 5.41 Å². The van der Waals surface area contributed by atoms with Crippen LogP contribution in [0.2, 0.25) is 0 Å². The molecule has 0 heterocycles. The Kier molecular flexibility index (Phi) is 35.0. The summed E-state index contributed by atoms with van der Waals surface area (Å²) in [6, 6.07) is 0. The number of nitrogens with zero attached hydrogens (tertiary/aromatic N) is 1. The fraction of sp³-hybridized carbons (Fsp3) is 1.00. The van der Waals surface area contributed by atoms with Gasteiger partial charge in [0.25, 0.3) is 0 Å². The van der Waals surface area contributed by atoms with Crippen LogP contribution in [0.3, 0.4) is 0 Å². The summed E-state index contributed by atoms with van der Waals surface area (Å²) in [5, 5.41) is 0. The molecule has 0 aliphatic heterocycles.